The number of carbonyl (C=O) groups excluding carboxylic acids is 2. The van der Waals surface area contributed by atoms with Crippen LogP contribution in [0.15, 0.2) is 61.2 Å². The van der Waals surface area contributed by atoms with Crippen LogP contribution in [-0.2, 0) is 9.59 Å². The first-order valence-electron chi connectivity index (χ1n) is 8.28. The maximum Gasteiger partial charge on any atom is 0.229 e. The molecule has 1 aliphatic heterocycles. The molecule has 1 atom stereocenters. The Hall–Kier alpha value is -2.79. The van der Waals surface area contributed by atoms with Crippen LogP contribution in [0.25, 0.3) is 0 Å². The molecule has 2 amide bonds. The molecule has 6 heteroatoms. The van der Waals surface area contributed by atoms with Crippen LogP contribution in [0.1, 0.15) is 6.42 Å². The van der Waals surface area contributed by atoms with Gasteiger partial charge in [0.2, 0.25) is 11.8 Å². The summed E-state index contributed by atoms with van der Waals surface area (Å²) in [5, 5.41) is 3.35. The lowest BCUT2D eigenvalue weighted by atomic mass is 10.1. The fourth-order valence-corrected chi connectivity index (χ4v) is 3.06. The lowest BCUT2D eigenvalue weighted by molar-refractivity contribution is -0.122. The lowest BCUT2D eigenvalue weighted by Gasteiger charge is -2.18. The van der Waals surface area contributed by atoms with Crippen molar-refractivity contribution in [3.05, 3.63) is 66.2 Å². The highest BCUT2D eigenvalue weighted by Crippen LogP contribution is 2.31. The molecule has 134 valence electrons. The van der Waals surface area contributed by atoms with Gasteiger partial charge in [-0.3, -0.25) is 9.59 Å². The Morgan fingerprint density at radius 3 is 2.69 bits per heavy atom. The van der Waals surface area contributed by atoms with Gasteiger partial charge in [0.05, 0.1) is 16.6 Å². The molecule has 0 bridgehead atoms. The molecular weight excluding hydrogens is 352 g/mol. The van der Waals surface area contributed by atoms with Gasteiger partial charge in [0.25, 0.3) is 0 Å². The van der Waals surface area contributed by atoms with Crippen LogP contribution >= 0.6 is 11.6 Å². The maximum absolute atomic E-state index is 12.5. The van der Waals surface area contributed by atoms with E-state index in [0.29, 0.717) is 35.3 Å². The van der Waals surface area contributed by atoms with Gasteiger partial charge in [0.1, 0.15) is 12.4 Å². The van der Waals surface area contributed by atoms with Gasteiger partial charge in [-0.15, -0.1) is 0 Å². The van der Waals surface area contributed by atoms with E-state index >= 15 is 0 Å². The van der Waals surface area contributed by atoms with Gasteiger partial charge in [0.15, 0.2) is 0 Å². The molecule has 0 aromatic heterocycles. The van der Waals surface area contributed by atoms with Crippen LogP contribution in [0.3, 0.4) is 0 Å². The van der Waals surface area contributed by atoms with Crippen LogP contribution in [0.5, 0.6) is 5.75 Å². The third-order valence-corrected chi connectivity index (χ3v) is 4.45. The number of para-hydroxylation sites is 1. The van der Waals surface area contributed by atoms with Crippen molar-refractivity contribution in [2.24, 2.45) is 5.92 Å². The fourth-order valence-electron chi connectivity index (χ4n) is 2.82. The summed E-state index contributed by atoms with van der Waals surface area (Å²) >= 11 is 6.17. The molecule has 1 saturated heterocycles. The van der Waals surface area contributed by atoms with Gasteiger partial charge in [-0.05, 0) is 36.4 Å². The van der Waals surface area contributed by atoms with Crippen molar-refractivity contribution in [3.63, 3.8) is 0 Å². The van der Waals surface area contributed by atoms with Crippen molar-refractivity contribution >= 4 is 34.8 Å². The number of benzene rings is 2. The summed E-state index contributed by atoms with van der Waals surface area (Å²) in [6.45, 7) is 4.33. The molecule has 0 saturated carbocycles. The Morgan fingerprint density at radius 2 is 2.00 bits per heavy atom. The minimum absolute atomic E-state index is 0.105. The average molecular weight is 371 g/mol. The van der Waals surface area contributed by atoms with E-state index in [1.54, 1.807) is 53.4 Å². The summed E-state index contributed by atoms with van der Waals surface area (Å²) in [6, 6.07) is 14.2. The molecule has 0 aliphatic carbocycles. The van der Waals surface area contributed by atoms with E-state index in [1.807, 2.05) is 6.07 Å². The topological polar surface area (TPSA) is 58.6 Å². The van der Waals surface area contributed by atoms with Gasteiger partial charge in [0, 0.05) is 18.7 Å². The van der Waals surface area contributed by atoms with Crippen LogP contribution < -0.4 is 15.0 Å². The highest BCUT2D eigenvalue weighted by Gasteiger charge is 2.35. The quantitative estimate of drug-likeness (QED) is 0.784. The number of nitrogens with one attached hydrogen (secondary N) is 1. The van der Waals surface area contributed by atoms with E-state index in [1.165, 1.54) is 0 Å². The number of hydrogen-bond donors (Lipinski definition) is 1. The van der Waals surface area contributed by atoms with Crippen molar-refractivity contribution in [1.29, 1.82) is 0 Å². The molecule has 2 aromatic rings. The van der Waals surface area contributed by atoms with Gasteiger partial charge in [-0.2, -0.15) is 0 Å². The highest BCUT2D eigenvalue weighted by molar-refractivity contribution is 6.33. The second kappa shape index (κ2) is 8.06. The summed E-state index contributed by atoms with van der Waals surface area (Å²) < 4.78 is 5.41. The number of halogens is 1. The zero-order valence-electron chi connectivity index (χ0n) is 14.2. The molecule has 1 heterocycles. The van der Waals surface area contributed by atoms with Crippen LogP contribution in [0, 0.1) is 5.92 Å². The Kier molecular flexibility index (Phi) is 5.58. The normalized spacial score (nSPS) is 16.4. The van der Waals surface area contributed by atoms with E-state index in [9.17, 15) is 9.59 Å². The molecule has 1 aliphatic rings. The predicted octanol–water partition coefficient (Wildman–Crippen LogP) is 3.90. The van der Waals surface area contributed by atoms with Gasteiger partial charge >= 0.3 is 0 Å². The SMILES string of the molecule is C=CCOc1ccc(NC(=O)[C@@H]2CC(=O)N(c3ccccc3Cl)C2)cc1. The van der Waals surface area contributed by atoms with Gasteiger partial charge < -0.3 is 15.0 Å². The molecule has 2 aromatic carbocycles. The lowest BCUT2D eigenvalue weighted by Crippen LogP contribution is -2.28. The molecule has 1 fully saturated rings. The number of anilines is 2. The van der Waals surface area contributed by atoms with E-state index in [0.717, 1.165) is 0 Å². The smallest absolute Gasteiger partial charge is 0.229 e. The monoisotopic (exact) mass is 370 g/mol. The molecule has 0 spiro atoms. The predicted molar refractivity (Wildman–Crippen MR) is 103 cm³/mol. The Bertz CT molecular complexity index is 820. The zero-order valence-corrected chi connectivity index (χ0v) is 14.9. The van der Waals surface area contributed by atoms with Crippen molar-refractivity contribution in [2.45, 2.75) is 6.42 Å². The largest absolute Gasteiger partial charge is 0.490 e. The number of hydrogen-bond acceptors (Lipinski definition) is 3. The van der Waals surface area contributed by atoms with Gasteiger partial charge in [-0.25, -0.2) is 0 Å². The minimum Gasteiger partial charge on any atom is -0.490 e. The number of rotatable bonds is 6. The van der Waals surface area contributed by atoms with E-state index in [-0.39, 0.29) is 18.2 Å². The molecule has 0 unspecified atom stereocenters. The Balaban J connectivity index is 1.63. The molecular formula is C20H19ClN2O3. The van der Waals surface area contributed by atoms with E-state index < -0.39 is 5.92 Å². The Morgan fingerprint density at radius 1 is 1.27 bits per heavy atom. The molecule has 0 radical (unpaired) electrons. The number of ether oxygens (including phenoxy) is 1. The van der Waals surface area contributed by atoms with Crippen molar-refractivity contribution < 1.29 is 14.3 Å². The summed E-state index contributed by atoms with van der Waals surface area (Å²) in [7, 11) is 0. The van der Waals surface area contributed by atoms with Crippen LogP contribution in [0.2, 0.25) is 5.02 Å². The standard InChI is InChI=1S/C20H19ClN2O3/c1-2-11-26-16-9-7-15(8-10-16)22-20(25)14-12-19(24)23(13-14)18-6-4-3-5-17(18)21/h2-10,14H,1,11-13H2,(H,22,25)/t14-/m1/s1. The number of amides is 2. The summed E-state index contributed by atoms with van der Waals surface area (Å²) in [5.41, 5.74) is 1.29. The first-order valence-corrected chi connectivity index (χ1v) is 8.66. The number of nitrogens with zero attached hydrogens (tertiary/aromatic N) is 1. The first-order chi connectivity index (χ1) is 12.6. The second-order valence-corrected chi connectivity index (χ2v) is 6.38. The van der Waals surface area contributed by atoms with Crippen LogP contribution in [0.4, 0.5) is 11.4 Å². The highest BCUT2D eigenvalue weighted by atomic mass is 35.5. The summed E-state index contributed by atoms with van der Waals surface area (Å²) in [6.07, 6.45) is 1.83. The molecule has 26 heavy (non-hydrogen) atoms. The van der Waals surface area contributed by atoms with E-state index in [4.69, 9.17) is 16.3 Å². The second-order valence-electron chi connectivity index (χ2n) is 5.97. The molecule has 3 rings (SSSR count). The maximum atomic E-state index is 12.5. The third kappa shape index (κ3) is 4.06. The van der Waals surface area contributed by atoms with Crippen LogP contribution in [-0.4, -0.2) is 25.0 Å². The molecule has 1 N–H and O–H groups in total. The average Bonchev–Trinajstić information content (AvgIpc) is 3.03. The third-order valence-electron chi connectivity index (χ3n) is 4.13. The Labute approximate surface area is 157 Å². The first kappa shape index (κ1) is 18.0. The van der Waals surface area contributed by atoms with Crippen molar-refractivity contribution in [3.8, 4) is 5.75 Å². The van der Waals surface area contributed by atoms with Crippen molar-refractivity contribution in [1.82, 2.24) is 0 Å². The fraction of sp³-hybridized carbons (Fsp3) is 0.200. The summed E-state index contributed by atoms with van der Waals surface area (Å²) in [4.78, 5) is 26.4. The zero-order chi connectivity index (χ0) is 18.5. The van der Waals surface area contributed by atoms with E-state index in [2.05, 4.69) is 11.9 Å². The molecule has 5 nitrogen and oxygen atoms in total. The number of carbonyl (C=O) groups is 2. The van der Waals surface area contributed by atoms with Gasteiger partial charge in [-0.1, -0.05) is 36.4 Å². The summed E-state index contributed by atoms with van der Waals surface area (Å²) in [5.74, 6) is -0.0154. The minimum atomic E-state index is -0.421. The van der Waals surface area contributed by atoms with Crippen molar-refractivity contribution in [2.75, 3.05) is 23.4 Å².